The number of unbranched alkanes of at least 4 members (excludes halogenated alkanes) is 14. The summed E-state index contributed by atoms with van der Waals surface area (Å²) in [7, 11) is -4.64. The summed E-state index contributed by atoms with van der Waals surface area (Å²) in [5.74, 6) is 0.814. The van der Waals surface area contributed by atoms with Gasteiger partial charge in [-0.3, -0.25) is 4.79 Å². The number of rotatable bonds is 19. The number of alkyl halides is 1. The maximum absolute atomic E-state index is 11.5. The standard InChI is InChI=1S/C21H42ClNO.H3O4P/c1-2-3-4-5-6-7-8-9-10-11-12-13-14-15-16-18-21(24)23-20-17-19-22;1-5(2,3)4/h2-20H2,1H3,(H,23,24);(H3,1,2,3,4). The molecule has 0 fully saturated rings. The van der Waals surface area contributed by atoms with E-state index in [-0.39, 0.29) is 5.91 Å². The lowest BCUT2D eigenvalue weighted by Crippen LogP contribution is -2.24. The minimum Gasteiger partial charge on any atom is -0.356 e. The van der Waals surface area contributed by atoms with Crippen LogP contribution in [0.25, 0.3) is 0 Å². The lowest BCUT2D eigenvalue weighted by atomic mass is 10.0. The van der Waals surface area contributed by atoms with Gasteiger partial charge in [-0.25, -0.2) is 4.57 Å². The molecule has 0 atom stereocenters. The van der Waals surface area contributed by atoms with Gasteiger partial charge in [0.2, 0.25) is 5.91 Å². The Kier molecular flexibility index (Phi) is 25.9. The summed E-state index contributed by atoms with van der Waals surface area (Å²) in [5.41, 5.74) is 0. The summed E-state index contributed by atoms with van der Waals surface area (Å²) in [6.45, 7) is 3.00. The van der Waals surface area contributed by atoms with Crippen molar-refractivity contribution in [2.24, 2.45) is 0 Å². The first kappa shape index (κ1) is 31.1. The van der Waals surface area contributed by atoms with Crippen LogP contribution in [0, 0.1) is 0 Å². The first-order valence-electron chi connectivity index (χ1n) is 11.4. The van der Waals surface area contributed by atoms with E-state index in [1.165, 1.54) is 89.9 Å². The van der Waals surface area contributed by atoms with Crippen LogP contribution in [0.5, 0.6) is 0 Å². The molecule has 0 saturated carbocycles. The van der Waals surface area contributed by atoms with Crippen LogP contribution in [-0.2, 0) is 9.36 Å². The number of hydrogen-bond donors (Lipinski definition) is 4. The molecule has 0 saturated heterocycles. The molecule has 0 aliphatic rings. The fourth-order valence-corrected chi connectivity index (χ4v) is 3.17. The number of amides is 1. The number of carbonyl (C=O) groups is 1. The molecule has 4 N–H and O–H groups in total. The van der Waals surface area contributed by atoms with Gasteiger partial charge < -0.3 is 20.0 Å². The third kappa shape index (κ3) is 39.0. The molecule has 0 spiro atoms. The maximum Gasteiger partial charge on any atom is 0.466 e. The van der Waals surface area contributed by atoms with Gasteiger partial charge in [0.05, 0.1) is 0 Å². The van der Waals surface area contributed by atoms with E-state index in [4.69, 9.17) is 30.8 Å². The highest BCUT2D eigenvalue weighted by atomic mass is 35.5. The molecule has 0 aromatic rings. The van der Waals surface area contributed by atoms with E-state index in [2.05, 4.69) is 12.2 Å². The third-order valence-electron chi connectivity index (χ3n) is 4.64. The number of halogens is 1. The van der Waals surface area contributed by atoms with Crippen LogP contribution in [-0.4, -0.2) is 33.0 Å². The van der Waals surface area contributed by atoms with Crippen molar-refractivity contribution in [3.63, 3.8) is 0 Å². The first-order chi connectivity index (χ1) is 13.8. The molecular weight excluding hydrogens is 413 g/mol. The molecule has 0 aliphatic carbocycles. The van der Waals surface area contributed by atoms with Crippen LogP contribution < -0.4 is 5.32 Å². The Morgan fingerprint density at radius 1 is 0.724 bits per heavy atom. The summed E-state index contributed by atoms with van der Waals surface area (Å²) in [6.07, 6.45) is 22.0. The summed E-state index contributed by atoms with van der Waals surface area (Å²) in [4.78, 5) is 33.1. The van der Waals surface area contributed by atoms with Crippen LogP contribution in [0.2, 0.25) is 0 Å². The van der Waals surface area contributed by atoms with E-state index in [9.17, 15) is 4.79 Å². The predicted octanol–water partition coefficient (Wildman–Crippen LogP) is 6.06. The van der Waals surface area contributed by atoms with E-state index in [0.29, 0.717) is 12.3 Å². The molecule has 0 bridgehead atoms. The van der Waals surface area contributed by atoms with E-state index >= 15 is 0 Å². The Labute approximate surface area is 183 Å². The molecule has 8 heteroatoms. The van der Waals surface area contributed by atoms with Crippen molar-refractivity contribution in [3.8, 4) is 0 Å². The van der Waals surface area contributed by atoms with Crippen molar-refractivity contribution in [2.75, 3.05) is 12.4 Å². The van der Waals surface area contributed by atoms with Gasteiger partial charge in [0.15, 0.2) is 0 Å². The third-order valence-corrected chi connectivity index (χ3v) is 4.91. The summed E-state index contributed by atoms with van der Waals surface area (Å²) >= 11 is 5.58. The SMILES string of the molecule is CCCCCCCCCCCCCCCCCC(=O)NCCCCl.O=P(O)(O)O. The van der Waals surface area contributed by atoms with Crippen LogP contribution in [0.15, 0.2) is 0 Å². The Balaban J connectivity index is 0. The molecule has 6 nitrogen and oxygen atoms in total. The predicted molar refractivity (Wildman–Crippen MR) is 122 cm³/mol. The van der Waals surface area contributed by atoms with Gasteiger partial charge in [0.25, 0.3) is 0 Å². The zero-order valence-corrected chi connectivity index (χ0v) is 20.1. The largest absolute Gasteiger partial charge is 0.466 e. The summed E-state index contributed by atoms with van der Waals surface area (Å²) < 4.78 is 8.88. The molecule has 0 unspecified atom stereocenters. The van der Waals surface area contributed by atoms with Gasteiger partial charge in [-0.15, -0.1) is 11.6 Å². The van der Waals surface area contributed by atoms with Crippen LogP contribution >= 0.6 is 19.4 Å². The van der Waals surface area contributed by atoms with Crippen molar-refractivity contribution in [1.82, 2.24) is 5.32 Å². The van der Waals surface area contributed by atoms with E-state index in [0.717, 1.165) is 19.4 Å². The van der Waals surface area contributed by atoms with Gasteiger partial charge in [-0.05, 0) is 12.8 Å². The molecule has 0 aliphatic heterocycles. The van der Waals surface area contributed by atoms with Crippen molar-refractivity contribution in [3.05, 3.63) is 0 Å². The number of phosphoric acid groups is 1. The highest BCUT2D eigenvalue weighted by Gasteiger charge is 2.01. The molecule has 0 aromatic carbocycles. The number of hydrogen-bond acceptors (Lipinski definition) is 2. The van der Waals surface area contributed by atoms with Crippen LogP contribution in [0.4, 0.5) is 0 Å². The number of carbonyl (C=O) groups excluding carboxylic acids is 1. The molecule has 0 aromatic heterocycles. The minimum absolute atomic E-state index is 0.190. The second kappa shape index (κ2) is 24.1. The van der Waals surface area contributed by atoms with Gasteiger partial charge in [0.1, 0.15) is 0 Å². The Morgan fingerprint density at radius 3 is 1.41 bits per heavy atom. The lowest BCUT2D eigenvalue weighted by molar-refractivity contribution is -0.121. The lowest BCUT2D eigenvalue weighted by Gasteiger charge is -2.04. The highest BCUT2D eigenvalue weighted by molar-refractivity contribution is 7.45. The second-order valence-corrected chi connectivity index (χ2v) is 9.01. The molecular formula is C21H45ClNO5P. The minimum atomic E-state index is -4.64. The molecule has 1 amide bonds. The Morgan fingerprint density at radius 2 is 1.07 bits per heavy atom. The first-order valence-corrected chi connectivity index (χ1v) is 13.5. The van der Waals surface area contributed by atoms with Gasteiger partial charge in [0, 0.05) is 18.8 Å². The molecule has 0 heterocycles. The van der Waals surface area contributed by atoms with Gasteiger partial charge >= 0.3 is 7.82 Å². The second-order valence-electron chi connectivity index (χ2n) is 7.61. The van der Waals surface area contributed by atoms with Crippen molar-refractivity contribution in [1.29, 1.82) is 0 Å². The molecule has 0 rings (SSSR count). The van der Waals surface area contributed by atoms with Crippen LogP contribution in [0.3, 0.4) is 0 Å². The summed E-state index contributed by atoms with van der Waals surface area (Å²) in [5, 5.41) is 2.91. The Bertz CT molecular complexity index is 385. The fraction of sp³-hybridized carbons (Fsp3) is 0.952. The number of nitrogens with one attached hydrogen (secondary N) is 1. The Hall–Kier alpha value is -0.130. The van der Waals surface area contributed by atoms with Gasteiger partial charge in [-0.2, -0.15) is 0 Å². The van der Waals surface area contributed by atoms with Crippen molar-refractivity contribution < 1.29 is 24.0 Å². The monoisotopic (exact) mass is 457 g/mol. The highest BCUT2D eigenvalue weighted by Crippen LogP contribution is 2.25. The van der Waals surface area contributed by atoms with E-state index in [1.807, 2.05) is 0 Å². The molecule has 29 heavy (non-hydrogen) atoms. The van der Waals surface area contributed by atoms with Crippen molar-refractivity contribution >= 4 is 25.3 Å². The zero-order valence-electron chi connectivity index (χ0n) is 18.4. The molecule has 176 valence electrons. The van der Waals surface area contributed by atoms with Crippen molar-refractivity contribution in [2.45, 2.75) is 116 Å². The normalized spacial score (nSPS) is 11.1. The van der Waals surface area contributed by atoms with Crippen LogP contribution in [0.1, 0.15) is 116 Å². The fourth-order valence-electron chi connectivity index (χ4n) is 3.04. The van der Waals surface area contributed by atoms with E-state index < -0.39 is 7.82 Å². The van der Waals surface area contributed by atoms with Gasteiger partial charge in [-0.1, -0.05) is 96.8 Å². The maximum atomic E-state index is 11.5. The average molecular weight is 458 g/mol. The average Bonchev–Trinajstić information content (AvgIpc) is 2.64. The zero-order chi connectivity index (χ0) is 22.2. The smallest absolute Gasteiger partial charge is 0.356 e. The van der Waals surface area contributed by atoms with E-state index in [1.54, 1.807) is 0 Å². The quantitative estimate of drug-likeness (QED) is 0.107. The summed E-state index contributed by atoms with van der Waals surface area (Å²) in [6, 6.07) is 0. The topological polar surface area (TPSA) is 107 Å². The molecule has 0 radical (unpaired) electrons.